The molecular weight excluding hydrogens is 362 g/mol. The van der Waals surface area contributed by atoms with Crippen LogP contribution in [0.25, 0.3) is 5.69 Å². The number of ketones is 1. The third-order valence-electron chi connectivity index (χ3n) is 4.79. The Bertz CT molecular complexity index is 935. The van der Waals surface area contributed by atoms with Crippen molar-refractivity contribution in [3.63, 3.8) is 0 Å². The van der Waals surface area contributed by atoms with Crippen LogP contribution in [0.1, 0.15) is 41.1 Å². The van der Waals surface area contributed by atoms with Gasteiger partial charge in [0, 0.05) is 16.8 Å². The number of benzene rings is 1. The summed E-state index contributed by atoms with van der Waals surface area (Å²) in [5.41, 5.74) is 1.58. The van der Waals surface area contributed by atoms with E-state index in [1.54, 1.807) is 42.9 Å². The third-order valence-corrected chi connectivity index (χ3v) is 5.03. The zero-order valence-electron chi connectivity index (χ0n) is 14.9. The lowest BCUT2D eigenvalue weighted by Gasteiger charge is -2.26. The first kappa shape index (κ1) is 17.8. The number of carbonyl (C=O) groups is 1. The molecule has 6 nitrogen and oxygen atoms in total. The van der Waals surface area contributed by atoms with E-state index in [-0.39, 0.29) is 5.78 Å². The normalized spacial score (nSPS) is 15.0. The SMILES string of the molecule is O=C(c1ccccn1)c1cc(Cl)ccc1-n1cnnc1CN1CCCCC1. The van der Waals surface area contributed by atoms with E-state index in [1.807, 2.05) is 10.6 Å². The summed E-state index contributed by atoms with van der Waals surface area (Å²) in [5.74, 6) is 0.639. The van der Waals surface area contributed by atoms with Gasteiger partial charge in [0.05, 0.1) is 12.2 Å². The van der Waals surface area contributed by atoms with Crippen LogP contribution >= 0.6 is 11.6 Å². The molecule has 138 valence electrons. The van der Waals surface area contributed by atoms with Crippen molar-refractivity contribution in [2.24, 2.45) is 0 Å². The highest BCUT2D eigenvalue weighted by Gasteiger charge is 2.20. The summed E-state index contributed by atoms with van der Waals surface area (Å²) in [7, 11) is 0. The van der Waals surface area contributed by atoms with Crippen molar-refractivity contribution in [2.45, 2.75) is 25.8 Å². The largest absolute Gasteiger partial charge is 0.296 e. The van der Waals surface area contributed by atoms with E-state index in [0.717, 1.165) is 18.9 Å². The zero-order valence-corrected chi connectivity index (χ0v) is 15.6. The van der Waals surface area contributed by atoms with Gasteiger partial charge in [0.15, 0.2) is 5.82 Å². The van der Waals surface area contributed by atoms with Crippen LogP contribution in [-0.2, 0) is 6.54 Å². The fourth-order valence-electron chi connectivity index (χ4n) is 3.42. The van der Waals surface area contributed by atoms with Crippen LogP contribution in [-0.4, -0.2) is 43.5 Å². The van der Waals surface area contributed by atoms with E-state index in [1.165, 1.54) is 19.3 Å². The van der Waals surface area contributed by atoms with Crippen molar-refractivity contribution in [2.75, 3.05) is 13.1 Å². The van der Waals surface area contributed by atoms with Crippen LogP contribution < -0.4 is 0 Å². The van der Waals surface area contributed by atoms with Gasteiger partial charge >= 0.3 is 0 Å². The molecule has 1 aromatic carbocycles. The van der Waals surface area contributed by atoms with Crippen molar-refractivity contribution < 1.29 is 4.79 Å². The van der Waals surface area contributed by atoms with Crippen LogP contribution in [0.2, 0.25) is 5.02 Å². The molecule has 0 N–H and O–H groups in total. The standard InChI is InChI=1S/C20H20ClN5O/c21-15-7-8-18(16(12-15)20(27)17-6-2-3-9-22-17)26-14-23-24-19(26)13-25-10-4-1-5-11-25/h2-3,6-9,12,14H,1,4-5,10-11,13H2. The summed E-state index contributed by atoms with van der Waals surface area (Å²) in [6, 6.07) is 10.6. The zero-order chi connectivity index (χ0) is 18.6. The number of pyridine rings is 1. The maximum Gasteiger partial charge on any atom is 0.213 e. The Morgan fingerprint density at radius 2 is 1.96 bits per heavy atom. The van der Waals surface area contributed by atoms with Crippen LogP contribution in [0.3, 0.4) is 0 Å². The first-order chi connectivity index (χ1) is 13.2. The smallest absolute Gasteiger partial charge is 0.213 e. The summed E-state index contributed by atoms with van der Waals surface area (Å²) in [4.78, 5) is 19.6. The predicted octanol–water partition coefficient (Wildman–Crippen LogP) is 3.53. The van der Waals surface area contributed by atoms with Crippen LogP contribution in [0.4, 0.5) is 0 Å². The molecule has 1 aliphatic rings. The second-order valence-corrected chi connectivity index (χ2v) is 7.10. The van der Waals surface area contributed by atoms with Gasteiger partial charge in [-0.25, -0.2) is 0 Å². The maximum absolute atomic E-state index is 13.0. The van der Waals surface area contributed by atoms with Gasteiger partial charge in [-0.3, -0.25) is 19.2 Å². The number of hydrogen-bond donors (Lipinski definition) is 0. The van der Waals surface area contributed by atoms with Crippen LogP contribution in [0, 0.1) is 0 Å². The second-order valence-electron chi connectivity index (χ2n) is 6.66. The maximum atomic E-state index is 13.0. The number of carbonyl (C=O) groups excluding carboxylic acids is 1. The van der Waals surface area contributed by atoms with Gasteiger partial charge in [-0.05, 0) is 56.3 Å². The Balaban J connectivity index is 1.71. The summed E-state index contributed by atoms with van der Waals surface area (Å²) in [6.07, 6.45) is 6.95. The van der Waals surface area contributed by atoms with Crippen molar-refractivity contribution in [1.82, 2.24) is 24.6 Å². The van der Waals surface area contributed by atoms with Gasteiger partial charge in [0.2, 0.25) is 5.78 Å². The second kappa shape index (κ2) is 7.98. The van der Waals surface area contributed by atoms with Gasteiger partial charge in [0.1, 0.15) is 12.0 Å². The lowest BCUT2D eigenvalue weighted by molar-refractivity contribution is 0.103. The van der Waals surface area contributed by atoms with Crippen molar-refractivity contribution >= 4 is 17.4 Å². The molecular formula is C20H20ClN5O. The van der Waals surface area contributed by atoms with Crippen molar-refractivity contribution in [1.29, 1.82) is 0 Å². The molecule has 0 unspecified atom stereocenters. The van der Waals surface area contributed by atoms with Crippen molar-refractivity contribution in [3.8, 4) is 5.69 Å². The van der Waals surface area contributed by atoms with Gasteiger partial charge in [-0.15, -0.1) is 10.2 Å². The molecule has 1 fully saturated rings. The van der Waals surface area contributed by atoms with Crippen LogP contribution in [0.5, 0.6) is 0 Å². The third kappa shape index (κ3) is 3.91. The minimum Gasteiger partial charge on any atom is -0.296 e. The van der Waals surface area contributed by atoms with Gasteiger partial charge in [0.25, 0.3) is 0 Å². The summed E-state index contributed by atoms with van der Waals surface area (Å²) in [5, 5.41) is 8.88. The molecule has 0 saturated carbocycles. The molecule has 0 bridgehead atoms. The fraction of sp³-hybridized carbons (Fsp3) is 0.300. The molecule has 0 spiro atoms. The molecule has 1 aliphatic heterocycles. The Morgan fingerprint density at radius 3 is 2.74 bits per heavy atom. The minimum absolute atomic E-state index is 0.175. The van der Waals surface area contributed by atoms with E-state index >= 15 is 0 Å². The lowest BCUT2D eigenvalue weighted by Crippen LogP contribution is -2.30. The first-order valence-corrected chi connectivity index (χ1v) is 9.47. The Kier molecular flexibility index (Phi) is 5.27. The van der Waals surface area contributed by atoms with E-state index in [9.17, 15) is 4.79 Å². The average Bonchev–Trinajstić information content (AvgIpc) is 3.16. The summed E-state index contributed by atoms with van der Waals surface area (Å²) < 4.78 is 1.88. The molecule has 3 aromatic rings. The molecule has 4 rings (SSSR count). The first-order valence-electron chi connectivity index (χ1n) is 9.09. The number of piperidine rings is 1. The number of hydrogen-bond acceptors (Lipinski definition) is 5. The van der Waals surface area contributed by atoms with Gasteiger partial charge < -0.3 is 0 Å². The number of nitrogens with zero attached hydrogens (tertiary/aromatic N) is 5. The van der Waals surface area contributed by atoms with E-state index < -0.39 is 0 Å². The highest BCUT2D eigenvalue weighted by atomic mass is 35.5. The molecule has 27 heavy (non-hydrogen) atoms. The fourth-order valence-corrected chi connectivity index (χ4v) is 3.59. The molecule has 0 aliphatic carbocycles. The molecule has 1 saturated heterocycles. The number of rotatable bonds is 5. The molecule has 7 heteroatoms. The highest BCUT2D eigenvalue weighted by Crippen LogP contribution is 2.24. The molecule has 2 aromatic heterocycles. The molecule has 0 amide bonds. The average molecular weight is 382 g/mol. The molecule has 0 radical (unpaired) electrons. The van der Waals surface area contributed by atoms with E-state index in [0.29, 0.717) is 28.5 Å². The minimum atomic E-state index is -0.175. The van der Waals surface area contributed by atoms with Gasteiger partial charge in [-0.2, -0.15) is 0 Å². The highest BCUT2D eigenvalue weighted by molar-refractivity contribution is 6.31. The molecule has 0 atom stereocenters. The Labute approximate surface area is 162 Å². The summed E-state index contributed by atoms with van der Waals surface area (Å²) >= 11 is 6.18. The lowest BCUT2D eigenvalue weighted by atomic mass is 10.1. The topological polar surface area (TPSA) is 63.9 Å². The number of aromatic nitrogens is 4. The van der Waals surface area contributed by atoms with Crippen molar-refractivity contribution in [3.05, 3.63) is 71.0 Å². The van der Waals surface area contributed by atoms with Crippen LogP contribution in [0.15, 0.2) is 48.9 Å². The monoisotopic (exact) mass is 381 g/mol. The number of likely N-dealkylation sites (tertiary alicyclic amines) is 1. The van der Waals surface area contributed by atoms with E-state index in [4.69, 9.17) is 11.6 Å². The molecule has 3 heterocycles. The Morgan fingerprint density at radius 1 is 1.11 bits per heavy atom. The summed E-state index contributed by atoms with van der Waals surface area (Å²) in [6.45, 7) is 2.83. The Hall–Kier alpha value is -2.57. The quantitative estimate of drug-likeness (QED) is 0.632. The number of halogens is 1. The predicted molar refractivity (Wildman–Crippen MR) is 103 cm³/mol. The van der Waals surface area contributed by atoms with E-state index in [2.05, 4.69) is 20.1 Å². The van der Waals surface area contributed by atoms with Gasteiger partial charge in [-0.1, -0.05) is 24.1 Å².